The first-order chi connectivity index (χ1) is 19.7. The van der Waals surface area contributed by atoms with Gasteiger partial charge >= 0.3 is 0 Å². The molecule has 0 amide bonds. The Balaban J connectivity index is 1.72. The molecule has 4 rings (SSSR count). The molecule has 0 saturated heterocycles. The van der Waals surface area contributed by atoms with Crippen LogP contribution in [-0.2, 0) is 12.0 Å². The first-order valence-electron chi connectivity index (χ1n) is 15.7. The number of anilines is 1. The number of ether oxygens (including phenoxy) is 1. The maximum Gasteiger partial charge on any atom is 0.202 e. The highest BCUT2D eigenvalue weighted by molar-refractivity contribution is 5.56. The number of nitrogens with zero attached hydrogens (tertiary/aromatic N) is 2. The third kappa shape index (κ3) is 6.26. The summed E-state index contributed by atoms with van der Waals surface area (Å²) in [5.41, 5.74) is 9.39. The summed E-state index contributed by atoms with van der Waals surface area (Å²) < 4.78 is 7.60. The maximum atomic E-state index is 11.9. The van der Waals surface area contributed by atoms with Crippen LogP contribution in [0.15, 0.2) is 54.6 Å². The van der Waals surface area contributed by atoms with Crippen molar-refractivity contribution in [3.05, 3.63) is 65.7 Å². The van der Waals surface area contributed by atoms with E-state index in [4.69, 9.17) is 10.5 Å². The predicted octanol–water partition coefficient (Wildman–Crippen LogP) is 8.75. The zero-order valence-corrected chi connectivity index (χ0v) is 28.4. The number of aromatic hydroxyl groups is 2. The van der Waals surface area contributed by atoms with Crippen LogP contribution >= 0.6 is 0 Å². The Hall–Kier alpha value is -3.12. The number of fused-ring (bicyclic) bond motifs is 1. The smallest absolute Gasteiger partial charge is 0.202 e. The van der Waals surface area contributed by atoms with Gasteiger partial charge in [0.05, 0.1) is 5.69 Å². The van der Waals surface area contributed by atoms with Crippen LogP contribution in [0.25, 0.3) is 5.69 Å². The minimum atomic E-state index is -0.562. The van der Waals surface area contributed by atoms with Gasteiger partial charge in [-0.25, -0.2) is 0 Å². The fraction of sp³-hybridized carbons (Fsp3) is 0.568. The summed E-state index contributed by atoms with van der Waals surface area (Å²) in [6.07, 6.45) is 1.69. The Kier molecular flexibility index (Phi) is 8.47. The van der Waals surface area contributed by atoms with E-state index in [2.05, 4.69) is 93.2 Å². The molecule has 0 aliphatic carbocycles. The van der Waals surface area contributed by atoms with Crippen molar-refractivity contribution in [2.45, 2.75) is 107 Å². The molecular weight excluding hydrogens is 534 g/mol. The van der Waals surface area contributed by atoms with E-state index in [1.807, 2.05) is 36.4 Å². The molecule has 0 spiro atoms. The molecular formula is C37H55N3O3. The molecule has 4 N–H and O–H groups in total. The summed E-state index contributed by atoms with van der Waals surface area (Å²) in [4.78, 5) is 2.16. The van der Waals surface area contributed by atoms with Crippen molar-refractivity contribution in [3.8, 4) is 23.2 Å². The van der Waals surface area contributed by atoms with Gasteiger partial charge in [-0.05, 0) is 72.3 Å². The summed E-state index contributed by atoms with van der Waals surface area (Å²) in [5, 5.41) is 23.2. The Morgan fingerprint density at radius 2 is 1.49 bits per heavy atom. The lowest BCUT2D eigenvalue weighted by Crippen LogP contribution is -2.58. The molecule has 43 heavy (non-hydrogen) atoms. The van der Waals surface area contributed by atoms with Crippen LogP contribution < -0.4 is 15.4 Å². The molecule has 236 valence electrons. The molecule has 3 atom stereocenters. The van der Waals surface area contributed by atoms with E-state index in [1.54, 1.807) is 10.6 Å². The number of benzene rings is 2. The molecule has 1 aromatic heterocycles. The van der Waals surface area contributed by atoms with Gasteiger partial charge in [-0.1, -0.05) is 87.4 Å². The van der Waals surface area contributed by atoms with E-state index < -0.39 is 11.0 Å². The molecule has 6 nitrogen and oxygen atoms in total. The van der Waals surface area contributed by atoms with E-state index in [0.29, 0.717) is 36.9 Å². The molecule has 0 saturated carbocycles. The number of aromatic nitrogens is 1. The van der Waals surface area contributed by atoms with Crippen molar-refractivity contribution < 1.29 is 14.9 Å². The highest BCUT2D eigenvalue weighted by Gasteiger charge is 2.51. The van der Waals surface area contributed by atoms with Crippen LogP contribution in [0.3, 0.4) is 0 Å². The summed E-state index contributed by atoms with van der Waals surface area (Å²) in [6, 6.07) is 17.7. The fourth-order valence-electron chi connectivity index (χ4n) is 6.78. The minimum absolute atomic E-state index is 0.00125. The lowest BCUT2D eigenvalue weighted by Gasteiger charge is -2.53. The topological polar surface area (TPSA) is 83.9 Å². The van der Waals surface area contributed by atoms with Gasteiger partial charge in [0.25, 0.3) is 0 Å². The van der Waals surface area contributed by atoms with Crippen molar-refractivity contribution >= 4 is 5.69 Å². The largest absolute Gasteiger partial charge is 0.494 e. The van der Waals surface area contributed by atoms with Crippen LogP contribution in [0.5, 0.6) is 17.5 Å². The average molecular weight is 590 g/mol. The monoisotopic (exact) mass is 589 g/mol. The highest BCUT2D eigenvalue weighted by Crippen LogP contribution is 2.55. The molecule has 0 fully saturated rings. The Labute approximate surface area is 259 Å². The minimum Gasteiger partial charge on any atom is -0.494 e. The number of nitrogens with two attached hydrogens (primary N) is 1. The second-order valence-corrected chi connectivity index (χ2v) is 16.2. The predicted molar refractivity (Wildman–Crippen MR) is 178 cm³/mol. The first kappa shape index (κ1) is 32.8. The lowest BCUT2D eigenvalue weighted by atomic mass is 9.53. The second kappa shape index (κ2) is 11.1. The Morgan fingerprint density at radius 3 is 2.07 bits per heavy atom. The lowest BCUT2D eigenvalue weighted by molar-refractivity contribution is 0.0326. The molecule has 3 aromatic rings. The third-order valence-electron chi connectivity index (χ3n) is 10.7. The van der Waals surface area contributed by atoms with Gasteiger partial charge in [-0.2, -0.15) is 0 Å². The number of para-hydroxylation sites is 1. The molecule has 1 aliphatic rings. The molecule has 3 unspecified atom stereocenters. The van der Waals surface area contributed by atoms with E-state index in [0.717, 1.165) is 23.4 Å². The quantitative estimate of drug-likeness (QED) is 0.245. The molecule has 0 bridgehead atoms. The van der Waals surface area contributed by atoms with Gasteiger partial charge in [-0.15, -0.1) is 0 Å². The van der Waals surface area contributed by atoms with Crippen molar-refractivity contribution in [2.75, 3.05) is 11.6 Å². The number of rotatable bonds is 8. The van der Waals surface area contributed by atoms with Crippen LogP contribution in [0.2, 0.25) is 0 Å². The maximum absolute atomic E-state index is 11.9. The number of hydrogen-bond donors (Lipinski definition) is 3. The summed E-state index contributed by atoms with van der Waals surface area (Å²) in [6.45, 7) is 25.8. The van der Waals surface area contributed by atoms with Gasteiger partial charge in [0.1, 0.15) is 5.75 Å². The summed E-state index contributed by atoms with van der Waals surface area (Å²) >= 11 is 0. The Bertz CT molecular complexity index is 1430. The van der Waals surface area contributed by atoms with Crippen LogP contribution in [0, 0.1) is 22.2 Å². The zero-order valence-electron chi connectivity index (χ0n) is 28.4. The molecule has 2 aromatic carbocycles. The van der Waals surface area contributed by atoms with Gasteiger partial charge in [0.2, 0.25) is 5.88 Å². The van der Waals surface area contributed by atoms with Crippen molar-refractivity contribution in [3.63, 3.8) is 0 Å². The molecule has 0 radical (unpaired) electrons. The fourth-order valence-corrected chi connectivity index (χ4v) is 6.78. The second-order valence-electron chi connectivity index (χ2n) is 16.2. The van der Waals surface area contributed by atoms with E-state index in [9.17, 15) is 10.2 Å². The molecule has 2 heterocycles. The summed E-state index contributed by atoms with van der Waals surface area (Å²) in [5.74, 6) is 1.24. The SMILES string of the molecule is CC(CC(C)(C)C)C(C)(C)C(C)(N)CC(C)(c1cc(O)n(-c2ccc3c(c2)CN(c2ccccc2)CO3)c1O)C(C)(C)C. The summed E-state index contributed by atoms with van der Waals surface area (Å²) in [7, 11) is 0. The van der Waals surface area contributed by atoms with E-state index in [-0.39, 0.29) is 28.0 Å². The highest BCUT2D eigenvalue weighted by atomic mass is 16.5. The normalized spacial score (nSPS) is 17.9. The first-order valence-corrected chi connectivity index (χ1v) is 15.7. The van der Waals surface area contributed by atoms with Crippen LogP contribution in [-0.4, -0.2) is 27.0 Å². The van der Waals surface area contributed by atoms with E-state index >= 15 is 0 Å². The van der Waals surface area contributed by atoms with Crippen LogP contribution in [0.1, 0.15) is 100 Å². The van der Waals surface area contributed by atoms with Crippen molar-refractivity contribution in [1.82, 2.24) is 4.57 Å². The zero-order chi connectivity index (χ0) is 32.2. The van der Waals surface area contributed by atoms with Gasteiger partial charge in [-0.3, -0.25) is 4.57 Å². The van der Waals surface area contributed by atoms with Crippen molar-refractivity contribution in [1.29, 1.82) is 0 Å². The van der Waals surface area contributed by atoms with Crippen molar-refractivity contribution in [2.24, 2.45) is 27.9 Å². The standard InChI is InChI=1S/C37H55N3O3/c1-25(21-33(2,3)4)35(8,9)37(11,38)23-36(10,34(5,6)7)29-20-31(41)40(32(29)42)28-17-18-30-26(19-28)22-39(24-43-30)27-15-13-12-14-16-27/h12-20,25,41-42H,21-24,38H2,1-11H3. The van der Waals surface area contributed by atoms with Gasteiger partial charge in [0, 0.05) is 40.4 Å². The molecule has 1 aliphatic heterocycles. The number of hydrogen-bond acceptors (Lipinski definition) is 5. The van der Waals surface area contributed by atoms with Gasteiger partial charge in [0.15, 0.2) is 12.6 Å². The third-order valence-corrected chi connectivity index (χ3v) is 10.7. The van der Waals surface area contributed by atoms with E-state index in [1.165, 1.54) is 0 Å². The molecule has 6 heteroatoms. The Morgan fingerprint density at radius 1 is 0.860 bits per heavy atom. The average Bonchev–Trinajstić information content (AvgIpc) is 3.20. The van der Waals surface area contributed by atoms with Gasteiger partial charge < -0.3 is 25.6 Å². The van der Waals surface area contributed by atoms with Crippen LogP contribution in [0.4, 0.5) is 5.69 Å².